The zero-order chi connectivity index (χ0) is 11.2. The van der Waals surface area contributed by atoms with E-state index in [1.165, 1.54) is 6.20 Å². The fourth-order valence-corrected chi connectivity index (χ4v) is 1.59. The molecule has 2 aromatic rings. The number of nitrogen functional groups attached to an aromatic ring is 4. The number of pyridine rings is 1. The van der Waals surface area contributed by atoms with Gasteiger partial charge in [-0.1, -0.05) is 0 Å². The van der Waals surface area contributed by atoms with E-state index in [4.69, 9.17) is 22.9 Å². The molecule has 6 heteroatoms. The number of aromatic nitrogens is 1. The summed E-state index contributed by atoms with van der Waals surface area (Å²) in [5.74, 6) is 0.00370. The van der Waals surface area contributed by atoms with Crippen LogP contribution in [0, 0.1) is 5.21 Å². The SMILES string of the molecule is Nc1ccc(N)c2c(N)[n+]([O-])cc(N)c12. The molecule has 1 aromatic carbocycles. The molecule has 6 nitrogen and oxygen atoms in total. The van der Waals surface area contributed by atoms with E-state index in [2.05, 4.69) is 0 Å². The van der Waals surface area contributed by atoms with Gasteiger partial charge in [0.2, 0.25) is 0 Å². The van der Waals surface area contributed by atoms with Crippen LogP contribution in [0.3, 0.4) is 0 Å². The Bertz CT molecular complexity index is 552. The lowest BCUT2D eigenvalue weighted by molar-refractivity contribution is -0.587. The molecule has 8 N–H and O–H groups in total. The van der Waals surface area contributed by atoms with Gasteiger partial charge in [0.25, 0.3) is 5.82 Å². The number of benzene rings is 1. The highest BCUT2D eigenvalue weighted by molar-refractivity contribution is 6.10. The van der Waals surface area contributed by atoms with Gasteiger partial charge in [-0.05, 0) is 12.1 Å². The summed E-state index contributed by atoms with van der Waals surface area (Å²) in [7, 11) is 0. The van der Waals surface area contributed by atoms with Crippen molar-refractivity contribution in [3.8, 4) is 0 Å². The third-order valence-electron chi connectivity index (χ3n) is 2.31. The van der Waals surface area contributed by atoms with Crippen LogP contribution >= 0.6 is 0 Å². The van der Waals surface area contributed by atoms with Crippen LogP contribution in [0.4, 0.5) is 22.9 Å². The molecule has 0 aliphatic carbocycles. The number of hydrogen-bond acceptors (Lipinski definition) is 5. The van der Waals surface area contributed by atoms with E-state index < -0.39 is 0 Å². The Labute approximate surface area is 85.7 Å². The minimum Gasteiger partial charge on any atom is -0.711 e. The van der Waals surface area contributed by atoms with Crippen molar-refractivity contribution in [3.63, 3.8) is 0 Å². The van der Waals surface area contributed by atoms with E-state index in [0.29, 0.717) is 26.9 Å². The first kappa shape index (κ1) is 9.20. The summed E-state index contributed by atoms with van der Waals surface area (Å²) in [5, 5.41) is 12.3. The largest absolute Gasteiger partial charge is 0.711 e. The lowest BCUT2D eigenvalue weighted by atomic mass is 10.1. The summed E-state index contributed by atoms with van der Waals surface area (Å²) in [6.45, 7) is 0. The van der Waals surface area contributed by atoms with E-state index in [1.807, 2.05) is 0 Å². The average Bonchev–Trinajstić information content (AvgIpc) is 2.18. The van der Waals surface area contributed by atoms with Crippen LogP contribution in [0.2, 0.25) is 0 Å². The number of hydrogen-bond donors (Lipinski definition) is 4. The van der Waals surface area contributed by atoms with Gasteiger partial charge in [0.15, 0.2) is 0 Å². The summed E-state index contributed by atoms with van der Waals surface area (Å²) in [4.78, 5) is 0. The molecule has 0 atom stereocenters. The molecule has 0 spiro atoms. The van der Waals surface area contributed by atoms with Crippen LogP contribution in [-0.2, 0) is 0 Å². The van der Waals surface area contributed by atoms with Crippen LogP contribution in [0.1, 0.15) is 0 Å². The number of fused-ring (bicyclic) bond motifs is 1. The van der Waals surface area contributed by atoms with E-state index in [1.54, 1.807) is 12.1 Å². The monoisotopic (exact) mass is 205 g/mol. The van der Waals surface area contributed by atoms with Crippen molar-refractivity contribution in [2.24, 2.45) is 0 Å². The van der Waals surface area contributed by atoms with Crippen LogP contribution in [-0.4, -0.2) is 0 Å². The molecule has 1 heterocycles. The Balaban J connectivity index is 3.08. The van der Waals surface area contributed by atoms with Crippen molar-refractivity contribution in [2.45, 2.75) is 0 Å². The van der Waals surface area contributed by atoms with Crippen LogP contribution < -0.4 is 27.7 Å². The number of anilines is 4. The van der Waals surface area contributed by atoms with Crippen LogP contribution in [0.5, 0.6) is 0 Å². The highest BCUT2D eigenvalue weighted by atomic mass is 16.5. The summed E-state index contributed by atoms with van der Waals surface area (Å²) in [6.07, 6.45) is 1.17. The number of nitrogens with zero attached hydrogens (tertiary/aromatic N) is 1. The second-order valence-electron chi connectivity index (χ2n) is 3.29. The predicted octanol–water partition coefficient (Wildman–Crippen LogP) is -0.198. The van der Waals surface area contributed by atoms with Crippen molar-refractivity contribution >= 4 is 33.7 Å². The van der Waals surface area contributed by atoms with Gasteiger partial charge in [-0.2, -0.15) is 0 Å². The second-order valence-corrected chi connectivity index (χ2v) is 3.29. The van der Waals surface area contributed by atoms with Gasteiger partial charge in [0.1, 0.15) is 6.20 Å². The zero-order valence-electron chi connectivity index (χ0n) is 7.90. The quantitative estimate of drug-likeness (QED) is 0.269. The van der Waals surface area contributed by atoms with Crippen molar-refractivity contribution in [2.75, 3.05) is 22.9 Å². The van der Waals surface area contributed by atoms with Gasteiger partial charge in [-0.3, -0.25) is 5.73 Å². The molecule has 0 amide bonds. The molecule has 0 aliphatic heterocycles. The Morgan fingerprint density at radius 2 is 1.40 bits per heavy atom. The standard InChI is InChI=1S/C9H11N5O/c10-4-1-2-5(11)8-7(4)6(12)3-14(15)9(8)13/h1-3H,10-13H2. The average molecular weight is 205 g/mol. The van der Waals surface area contributed by atoms with Gasteiger partial charge in [-0.25, -0.2) is 4.73 Å². The second kappa shape index (κ2) is 2.81. The highest BCUT2D eigenvalue weighted by Gasteiger charge is 2.14. The Kier molecular flexibility index (Phi) is 1.72. The maximum Gasteiger partial charge on any atom is 0.285 e. The first-order valence-corrected chi connectivity index (χ1v) is 4.27. The van der Waals surface area contributed by atoms with E-state index in [0.717, 1.165) is 0 Å². The molecule has 78 valence electrons. The highest BCUT2D eigenvalue weighted by Crippen LogP contribution is 2.32. The van der Waals surface area contributed by atoms with Crippen LogP contribution in [0.15, 0.2) is 18.3 Å². The molecule has 0 aliphatic rings. The van der Waals surface area contributed by atoms with Crippen molar-refractivity contribution in [3.05, 3.63) is 23.5 Å². The van der Waals surface area contributed by atoms with E-state index in [-0.39, 0.29) is 11.5 Å². The Morgan fingerprint density at radius 1 is 0.867 bits per heavy atom. The molecule has 0 radical (unpaired) electrons. The van der Waals surface area contributed by atoms with Gasteiger partial charge < -0.3 is 22.4 Å². The molecule has 0 bridgehead atoms. The fourth-order valence-electron chi connectivity index (χ4n) is 1.59. The summed E-state index contributed by atoms with van der Waals surface area (Å²) >= 11 is 0. The Hall–Kier alpha value is -2.37. The minimum absolute atomic E-state index is 0.00370. The van der Waals surface area contributed by atoms with Gasteiger partial charge in [0, 0.05) is 16.8 Å². The van der Waals surface area contributed by atoms with Gasteiger partial charge in [-0.15, -0.1) is 0 Å². The third kappa shape index (κ3) is 1.15. The van der Waals surface area contributed by atoms with Crippen molar-refractivity contribution in [1.82, 2.24) is 0 Å². The number of rotatable bonds is 0. The van der Waals surface area contributed by atoms with Gasteiger partial charge >= 0.3 is 0 Å². The fraction of sp³-hybridized carbons (Fsp3) is 0. The molecule has 0 fully saturated rings. The first-order chi connectivity index (χ1) is 7.02. The first-order valence-electron chi connectivity index (χ1n) is 4.27. The summed E-state index contributed by atoms with van der Waals surface area (Å²) < 4.78 is 0.480. The lowest BCUT2D eigenvalue weighted by Crippen LogP contribution is -2.31. The van der Waals surface area contributed by atoms with Crippen molar-refractivity contribution < 1.29 is 4.73 Å². The molecule has 0 saturated heterocycles. The smallest absolute Gasteiger partial charge is 0.285 e. The van der Waals surface area contributed by atoms with E-state index >= 15 is 0 Å². The predicted molar refractivity (Wildman–Crippen MR) is 60.6 cm³/mol. The molecular weight excluding hydrogens is 194 g/mol. The Morgan fingerprint density at radius 3 is 2.00 bits per heavy atom. The minimum atomic E-state index is 0.00370. The molecule has 2 rings (SSSR count). The molecule has 1 aromatic heterocycles. The van der Waals surface area contributed by atoms with Crippen molar-refractivity contribution in [1.29, 1.82) is 0 Å². The lowest BCUT2D eigenvalue weighted by Gasteiger charge is -2.12. The van der Waals surface area contributed by atoms with Gasteiger partial charge in [0.05, 0.1) is 11.1 Å². The topological polar surface area (TPSA) is 131 Å². The normalized spacial score (nSPS) is 10.7. The third-order valence-corrected chi connectivity index (χ3v) is 2.31. The molecule has 0 unspecified atom stereocenters. The molecule has 15 heavy (non-hydrogen) atoms. The maximum atomic E-state index is 11.3. The zero-order valence-corrected chi connectivity index (χ0v) is 7.90. The van der Waals surface area contributed by atoms with Crippen LogP contribution in [0.25, 0.3) is 10.8 Å². The molecule has 0 saturated carbocycles. The maximum absolute atomic E-state index is 11.3. The summed E-state index contributed by atoms with van der Waals surface area (Å²) in [5.41, 5.74) is 23.9. The van der Waals surface area contributed by atoms with E-state index in [9.17, 15) is 5.21 Å². The number of nitrogens with two attached hydrogens (primary N) is 4. The summed E-state index contributed by atoms with van der Waals surface area (Å²) in [6, 6.07) is 3.22. The molecular formula is C9H11N5O.